The highest BCUT2D eigenvalue weighted by atomic mass is 16.4. The SMILES string of the molecule is Cc1cnccc1-c1nc(C)c(CC(=O)O)c(C)n1. The zero-order valence-corrected chi connectivity index (χ0v) is 11.1. The maximum Gasteiger partial charge on any atom is 0.307 e. The Hall–Kier alpha value is -2.30. The largest absolute Gasteiger partial charge is 0.481 e. The van der Waals surface area contributed by atoms with Gasteiger partial charge < -0.3 is 5.11 Å². The fraction of sp³-hybridized carbons (Fsp3) is 0.286. The van der Waals surface area contributed by atoms with E-state index in [1.807, 2.05) is 26.8 Å². The van der Waals surface area contributed by atoms with Crippen LogP contribution in [0.4, 0.5) is 0 Å². The number of aryl methyl sites for hydroxylation is 3. The second-order valence-corrected chi connectivity index (χ2v) is 4.46. The summed E-state index contributed by atoms with van der Waals surface area (Å²) in [4.78, 5) is 23.7. The monoisotopic (exact) mass is 257 g/mol. The van der Waals surface area contributed by atoms with Crippen LogP contribution >= 0.6 is 0 Å². The van der Waals surface area contributed by atoms with E-state index < -0.39 is 5.97 Å². The van der Waals surface area contributed by atoms with Gasteiger partial charge in [-0.3, -0.25) is 9.78 Å². The maximum absolute atomic E-state index is 10.8. The molecule has 0 bridgehead atoms. The summed E-state index contributed by atoms with van der Waals surface area (Å²) in [6.07, 6.45) is 3.41. The summed E-state index contributed by atoms with van der Waals surface area (Å²) in [5, 5.41) is 8.88. The molecule has 0 aliphatic rings. The Balaban J connectivity index is 2.51. The molecule has 2 heterocycles. The predicted molar refractivity (Wildman–Crippen MR) is 70.8 cm³/mol. The van der Waals surface area contributed by atoms with Gasteiger partial charge in [-0.2, -0.15) is 0 Å². The number of hydrogen-bond donors (Lipinski definition) is 1. The smallest absolute Gasteiger partial charge is 0.307 e. The third-order valence-electron chi connectivity index (χ3n) is 3.01. The molecule has 0 saturated heterocycles. The summed E-state index contributed by atoms with van der Waals surface area (Å²) >= 11 is 0. The topological polar surface area (TPSA) is 76.0 Å². The van der Waals surface area contributed by atoms with E-state index in [0.717, 1.165) is 11.1 Å². The van der Waals surface area contributed by atoms with E-state index in [2.05, 4.69) is 15.0 Å². The van der Waals surface area contributed by atoms with E-state index in [0.29, 0.717) is 22.8 Å². The average molecular weight is 257 g/mol. The van der Waals surface area contributed by atoms with E-state index in [4.69, 9.17) is 5.11 Å². The van der Waals surface area contributed by atoms with E-state index in [-0.39, 0.29) is 6.42 Å². The van der Waals surface area contributed by atoms with Gasteiger partial charge in [-0.1, -0.05) is 0 Å². The summed E-state index contributed by atoms with van der Waals surface area (Å²) in [6.45, 7) is 5.57. The Morgan fingerprint density at radius 2 is 1.84 bits per heavy atom. The van der Waals surface area contributed by atoms with Crippen molar-refractivity contribution in [2.24, 2.45) is 0 Å². The Bertz CT molecular complexity index is 615. The van der Waals surface area contributed by atoms with Gasteiger partial charge in [0.2, 0.25) is 0 Å². The van der Waals surface area contributed by atoms with Crippen molar-refractivity contribution in [3.63, 3.8) is 0 Å². The van der Waals surface area contributed by atoms with E-state index >= 15 is 0 Å². The van der Waals surface area contributed by atoms with Gasteiger partial charge >= 0.3 is 5.97 Å². The molecule has 19 heavy (non-hydrogen) atoms. The highest BCUT2D eigenvalue weighted by molar-refractivity contribution is 5.71. The second-order valence-electron chi connectivity index (χ2n) is 4.46. The highest BCUT2D eigenvalue weighted by Gasteiger charge is 2.13. The van der Waals surface area contributed by atoms with Crippen molar-refractivity contribution >= 4 is 5.97 Å². The van der Waals surface area contributed by atoms with Crippen molar-refractivity contribution in [2.45, 2.75) is 27.2 Å². The zero-order chi connectivity index (χ0) is 14.0. The molecule has 0 radical (unpaired) electrons. The molecule has 98 valence electrons. The molecule has 2 rings (SSSR count). The molecule has 0 spiro atoms. The Morgan fingerprint density at radius 1 is 1.21 bits per heavy atom. The van der Waals surface area contributed by atoms with Crippen LogP contribution in [-0.4, -0.2) is 26.0 Å². The molecule has 0 amide bonds. The van der Waals surface area contributed by atoms with E-state index in [9.17, 15) is 4.79 Å². The van der Waals surface area contributed by atoms with Gasteiger partial charge in [-0.15, -0.1) is 0 Å². The molecule has 5 nitrogen and oxygen atoms in total. The number of carboxylic acid groups (broad SMARTS) is 1. The lowest BCUT2D eigenvalue weighted by molar-refractivity contribution is -0.136. The number of aliphatic carboxylic acids is 1. The van der Waals surface area contributed by atoms with Crippen LogP contribution in [0, 0.1) is 20.8 Å². The van der Waals surface area contributed by atoms with Crippen LogP contribution in [0.15, 0.2) is 18.5 Å². The third kappa shape index (κ3) is 2.76. The quantitative estimate of drug-likeness (QED) is 0.911. The average Bonchev–Trinajstić information content (AvgIpc) is 2.34. The number of aromatic nitrogens is 3. The van der Waals surface area contributed by atoms with E-state index in [1.54, 1.807) is 12.4 Å². The van der Waals surface area contributed by atoms with Crippen molar-refractivity contribution in [3.8, 4) is 11.4 Å². The lowest BCUT2D eigenvalue weighted by Crippen LogP contribution is -2.08. The minimum Gasteiger partial charge on any atom is -0.481 e. The van der Waals surface area contributed by atoms with Crippen molar-refractivity contribution in [1.82, 2.24) is 15.0 Å². The Kier molecular flexibility index (Phi) is 3.55. The predicted octanol–water partition coefficient (Wildman–Crippen LogP) is 2.09. The Morgan fingerprint density at radius 3 is 2.37 bits per heavy atom. The first kappa shape index (κ1) is 13.1. The van der Waals surface area contributed by atoms with E-state index in [1.165, 1.54) is 0 Å². The molecular weight excluding hydrogens is 242 g/mol. The maximum atomic E-state index is 10.8. The normalized spacial score (nSPS) is 10.5. The van der Waals surface area contributed by atoms with Crippen LogP contribution in [0.5, 0.6) is 0 Å². The fourth-order valence-electron chi connectivity index (χ4n) is 1.99. The molecule has 2 aromatic rings. The van der Waals surface area contributed by atoms with Gasteiger partial charge in [0.1, 0.15) is 0 Å². The summed E-state index contributed by atoms with van der Waals surface area (Å²) in [6, 6.07) is 1.86. The molecule has 0 aliphatic carbocycles. The molecule has 0 aliphatic heterocycles. The standard InChI is InChI=1S/C14H15N3O2/c1-8-7-15-5-4-11(8)14-16-9(2)12(6-13(18)19)10(3)17-14/h4-5,7H,6H2,1-3H3,(H,18,19). The van der Waals surface area contributed by atoms with Crippen molar-refractivity contribution in [3.05, 3.63) is 41.0 Å². The number of carbonyl (C=O) groups is 1. The third-order valence-corrected chi connectivity index (χ3v) is 3.01. The first-order valence-electron chi connectivity index (χ1n) is 5.96. The Labute approximate surface area is 111 Å². The number of rotatable bonds is 3. The summed E-state index contributed by atoms with van der Waals surface area (Å²) in [5.41, 5.74) is 4.01. The van der Waals surface area contributed by atoms with Gasteiger partial charge in [0, 0.05) is 34.9 Å². The number of hydrogen-bond acceptors (Lipinski definition) is 4. The van der Waals surface area contributed by atoms with Gasteiger partial charge in [0.15, 0.2) is 5.82 Å². The van der Waals surface area contributed by atoms with Crippen LogP contribution in [0.3, 0.4) is 0 Å². The minimum atomic E-state index is -0.873. The number of carboxylic acids is 1. The molecule has 5 heteroatoms. The lowest BCUT2D eigenvalue weighted by Gasteiger charge is -2.10. The summed E-state index contributed by atoms with van der Waals surface area (Å²) < 4.78 is 0. The van der Waals surface area contributed by atoms with Crippen molar-refractivity contribution < 1.29 is 9.90 Å². The molecule has 0 atom stereocenters. The molecule has 0 saturated carbocycles. The van der Waals surface area contributed by atoms with Crippen LogP contribution in [0.1, 0.15) is 22.5 Å². The molecule has 0 fully saturated rings. The summed E-state index contributed by atoms with van der Waals surface area (Å²) in [7, 11) is 0. The molecule has 0 unspecified atom stereocenters. The first-order chi connectivity index (χ1) is 8.99. The molecule has 1 N–H and O–H groups in total. The summed E-state index contributed by atoms with van der Waals surface area (Å²) in [5.74, 6) is -0.258. The van der Waals surface area contributed by atoms with Crippen molar-refractivity contribution in [1.29, 1.82) is 0 Å². The molecular formula is C14H15N3O2. The molecule has 2 aromatic heterocycles. The lowest BCUT2D eigenvalue weighted by atomic mass is 10.1. The first-order valence-corrected chi connectivity index (χ1v) is 5.96. The number of pyridine rings is 1. The second kappa shape index (κ2) is 5.14. The van der Waals surface area contributed by atoms with Gasteiger partial charge in [-0.25, -0.2) is 9.97 Å². The fourth-order valence-corrected chi connectivity index (χ4v) is 1.99. The molecule has 0 aromatic carbocycles. The van der Waals surface area contributed by atoms with Crippen LogP contribution < -0.4 is 0 Å². The van der Waals surface area contributed by atoms with Gasteiger partial charge in [-0.05, 0) is 32.4 Å². The highest BCUT2D eigenvalue weighted by Crippen LogP contribution is 2.21. The minimum absolute atomic E-state index is 0.0483. The number of nitrogens with zero attached hydrogens (tertiary/aromatic N) is 3. The van der Waals surface area contributed by atoms with Gasteiger partial charge in [0.25, 0.3) is 0 Å². The zero-order valence-electron chi connectivity index (χ0n) is 11.1. The van der Waals surface area contributed by atoms with Gasteiger partial charge in [0.05, 0.1) is 6.42 Å². The van der Waals surface area contributed by atoms with Crippen LogP contribution in [0.2, 0.25) is 0 Å². The van der Waals surface area contributed by atoms with Crippen LogP contribution in [-0.2, 0) is 11.2 Å². The van der Waals surface area contributed by atoms with Crippen LogP contribution in [0.25, 0.3) is 11.4 Å². The van der Waals surface area contributed by atoms with Crippen molar-refractivity contribution in [2.75, 3.05) is 0 Å².